The molecule has 1 saturated heterocycles. The second kappa shape index (κ2) is 7.13. The van der Waals surface area contributed by atoms with Crippen LogP contribution in [-0.4, -0.2) is 33.1 Å². The molecule has 0 aromatic heterocycles. The Morgan fingerprint density at radius 3 is 1.78 bits per heavy atom. The van der Waals surface area contributed by atoms with E-state index in [1.54, 1.807) is 0 Å². The van der Waals surface area contributed by atoms with Gasteiger partial charge < -0.3 is 8.35 Å². The van der Waals surface area contributed by atoms with E-state index < -0.39 is 33.1 Å². The molecule has 1 aromatic carbocycles. The fraction of sp³-hybridized carbons (Fsp3) is 0.619. The largest absolute Gasteiger partial charge is 0.449 e. The molecule has 27 heavy (non-hydrogen) atoms. The van der Waals surface area contributed by atoms with Crippen LogP contribution in [0, 0.1) is 0 Å². The number of hydrogen-bond donors (Lipinski definition) is 0. The monoisotopic (exact) mass is 435 g/mol. The van der Waals surface area contributed by atoms with Crippen molar-refractivity contribution in [3.8, 4) is 0 Å². The van der Waals surface area contributed by atoms with Gasteiger partial charge in [-0.2, -0.15) is 0 Å². The SMILES string of the molecule is C=C[Si](C)(O[Si](C)(C)C(C)(C)C)c1ccc(N2[Si](C)(C)CC[Si]2(C)C)cc1. The van der Waals surface area contributed by atoms with Crippen LogP contribution < -0.4 is 9.42 Å². The van der Waals surface area contributed by atoms with E-state index in [0.717, 1.165) is 0 Å². The first-order valence-corrected chi connectivity index (χ1v) is 22.0. The first kappa shape index (κ1) is 22.9. The minimum Gasteiger partial charge on any atom is -0.449 e. The molecule has 1 aromatic rings. The summed E-state index contributed by atoms with van der Waals surface area (Å²) in [5.41, 5.74) is 3.56. The summed E-state index contributed by atoms with van der Waals surface area (Å²) in [7, 11) is -6.62. The maximum absolute atomic E-state index is 6.94. The second-order valence-corrected chi connectivity index (χ2v) is 29.3. The summed E-state index contributed by atoms with van der Waals surface area (Å²) < 4.78 is 9.82. The van der Waals surface area contributed by atoms with Crippen LogP contribution in [-0.2, 0) is 4.12 Å². The maximum Gasteiger partial charge on any atom is 0.234 e. The summed E-state index contributed by atoms with van der Waals surface area (Å²) in [6.45, 7) is 28.3. The van der Waals surface area contributed by atoms with Crippen LogP contribution in [0.15, 0.2) is 36.5 Å². The van der Waals surface area contributed by atoms with Crippen LogP contribution in [0.25, 0.3) is 0 Å². The Labute approximate surface area is 172 Å². The zero-order valence-corrected chi connectivity index (χ0v) is 23.4. The molecule has 0 aliphatic carbocycles. The van der Waals surface area contributed by atoms with Gasteiger partial charge in [0.1, 0.15) is 16.5 Å². The van der Waals surface area contributed by atoms with Crippen molar-refractivity contribution < 1.29 is 4.12 Å². The Bertz CT molecular complexity index is 675. The zero-order valence-electron chi connectivity index (χ0n) is 19.4. The Morgan fingerprint density at radius 2 is 1.41 bits per heavy atom. The third-order valence-corrected chi connectivity index (χ3v) is 26.5. The standard InChI is InChI=1S/C21H41NOSi4/c1-12-27(11,23-26(9,10)21(2,3)4)20-15-13-19(14-16-20)22-24(5,6)17-18-25(22,7)8/h12-16H,1,17-18H2,2-11H3. The molecule has 0 bridgehead atoms. The number of benzene rings is 1. The molecule has 1 unspecified atom stereocenters. The Hall–Kier alpha value is -0.412. The summed E-state index contributed by atoms with van der Waals surface area (Å²) in [5, 5.41) is 1.56. The number of nitrogens with zero attached hydrogens (tertiary/aromatic N) is 1. The van der Waals surface area contributed by atoms with Crippen molar-refractivity contribution in [1.82, 2.24) is 0 Å². The van der Waals surface area contributed by atoms with E-state index in [4.69, 9.17) is 4.12 Å². The van der Waals surface area contributed by atoms with Gasteiger partial charge in [0.05, 0.1) is 0 Å². The fourth-order valence-electron chi connectivity index (χ4n) is 4.20. The van der Waals surface area contributed by atoms with E-state index in [0.29, 0.717) is 0 Å². The van der Waals surface area contributed by atoms with Gasteiger partial charge in [-0.1, -0.05) is 64.8 Å². The minimum atomic E-state index is -2.15. The van der Waals surface area contributed by atoms with Crippen LogP contribution in [0.1, 0.15) is 20.8 Å². The molecule has 1 atom stereocenters. The third kappa shape index (κ3) is 4.45. The highest BCUT2D eigenvalue weighted by Gasteiger charge is 2.48. The number of rotatable bonds is 5. The van der Waals surface area contributed by atoms with Gasteiger partial charge in [-0.05, 0) is 54.1 Å². The molecule has 0 spiro atoms. The van der Waals surface area contributed by atoms with Crippen LogP contribution in [0.5, 0.6) is 0 Å². The van der Waals surface area contributed by atoms with Gasteiger partial charge in [0.25, 0.3) is 0 Å². The van der Waals surface area contributed by atoms with Gasteiger partial charge in [0.15, 0.2) is 8.32 Å². The lowest BCUT2D eigenvalue weighted by atomic mass is 10.2. The van der Waals surface area contributed by atoms with Crippen molar-refractivity contribution in [3.05, 3.63) is 36.5 Å². The van der Waals surface area contributed by atoms with E-state index in [9.17, 15) is 0 Å². The highest BCUT2D eigenvalue weighted by Crippen LogP contribution is 2.41. The van der Waals surface area contributed by atoms with Crippen LogP contribution in [0.4, 0.5) is 5.69 Å². The molecule has 1 fully saturated rings. The summed E-state index contributed by atoms with van der Waals surface area (Å²) in [6.07, 6.45) is 0. The van der Waals surface area contributed by atoms with Crippen molar-refractivity contribution in [3.63, 3.8) is 0 Å². The second-order valence-electron chi connectivity index (χ2n) is 11.2. The lowest BCUT2D eigenvalue weighted by Crippen LogP contribution is -2.57. The minimum absolute atomic E-state index is 0.213. The Balaban J connectivity index is 2.36. The number of hydrogen-bond acceptors (Lipinski definition) is 2. The van der Waals surface area contributed by atoms with Gasteiger partial charge in [-0.15, -0.1) is 6.58 Å². The highest BCUT2D eigenvalue weighted by atomic mass is 28.4. The van der Waals surface area contributed by atoms with Crippen LogP contribution >= 0.6 is 0 Å². The van der Waals surface area contributed by atoms with Crippen molar-refractivity contribution >= 4 is 44.0 Å². The van der Waals surface area contributed by atoms with E-state index in [2.05, 4.69) is 107 Å². The topological polar surface area (TPSA) is 12.5 Å². The van der Waals surface area contributed by atoms with Crippen molar-refractivity contribution in [1.29, 1.82) is 0 Å². The predicted octanol–water partition coefficient (Wildman–Crippen LogP) is 6.45. The summed E-state index contributed by atoms with van der Waals surface area (Å²) in [4.78, 5) is 0. The molecule has 0 N–H and O–H groups in total. The molecule has 1 aliphatic heterocycles. The highest BCUT2D eigenvalue weighted by molar-refractivity contribution is 7.04. The molecule has 1 heterocycles. The van der Waals surface area contributed by atoms with Crippen molar-refractivity contribution in [2.75, 3.05) is 4.23 Å². The smallest absolute Gasteiger partial charge is 0.234 e. The van der Waals surface area contributed by atoms with Crippen molar-refractivity contribution in [2.24, 2.45) is 0 Å². The van der Waals surface area contributed by atoms with E-state index in [1.807, 2.05) is 0 Å². The molecule has 152 valence electrons. The van der Waals surface area contributed by atoms with Crippen molar-refractivity contribution in [2.45, 2.75) is 83.7 Å². The van der Waals surface area contributed by atoms with E-state index in [1.165, 1.54) is 23.0 Å². The average molecular weight is 436 g/mol. The quantitative estimate of drug-likeness (QED) is 0.493. The predicted molar refractivity (Wildman–Crippen MR) is 133 cm³/mol. The molecule has 2 rings (SSSR count). The van der Waals surface area contributed by atoms with E-state index in [-0.39, 0.29) is 5.04 Å². The third-order valence-electron chi connectivity index (χ3n) is 6.92. The zero-order chi connectivity index (χ0) is 20.9. The summed E-state index contributed by atoms with van der Waals surface area (Å²) >= 11 is 0. The molecular formula is C21H41NOSi4. The van der Waals surface area contributed by atoms with Gasteiger partial charge in [0.2, 0.25) is 8.32 Å². The van der Waals surface area contributed by atoms with Gasteiger partial charge in [-0.25, -0.2) is 0 Å². The summed E-state index contributed by atoms with van der Waals surface area (Å²) in [6, 6.07) is 12.3. The molecule has 2 nitrogen and oxygen atoms in total. The molecule has 1 aliphatic rings. The fourth-order valence-corrected chi connectivity index (χ4v) is 25.8. The molecular weight excluding hydrogens is 395 g/mol. The number of anilines is 1. The van der Waals surface area contributed by atoms with Gasteiger partial charge in [-0.3, -0.25) is 0 Å². The van der Waals surface area contributed by atoms with Crippen LogP contribution in [0.3, 0.4) is 0 Å². The first-order valence-electron chi connectivity index (χ1n) is 10.3. The average Bonchev–Trinajstić information content (AvgIpc) is 2.74. The van der Waals surface area contributed by atoms with Gasteiger partial charge >= 0.3 is 0 Å². The maximum atomic E-state index is 6.94. The Kier molecular flexibility index (Phi) is 6.04. The van der Waals surface area contributed by atoms with E-state index >= 15 is 0 Å². The molecule has 0 saturated carbocycles. The molecule has 6 heteroatoms. The molecule has 0 amide bonds. The lowest BCUT2D eigenvalue weighted by Gasteiger charge is -2.43. The Morgan fingerprint density at radius 1 is 0.963 bits per heavy atom. The molecule has 0 radical (unpaired) electrons. The lowest BCUT2D eigenvalue weighted by molar-refractivity contribution is 0.499. The van der Waals surface area contributed by atoms with Gasteiger partial charge in [0, 0.05) is 5.69 Å². The van der Waals surface area contributed by atoms with Crippen LogP contribution in [0.2, 0.25) is 63.0 Å². The first-order chi connectivity index (χ1) is 12.1. The normalized spacial score (nSPS) is 21.8. The summed E-state index contributed by atoms with van der Waals surface area (Å²) in [5.74, 6) is 0.